The molecule has 1 aliphatic rings. The highest BCUT2D eigenvalue weighted by Crippen LogP contribution is 2.32. The maximum absolute atomic E-state index is 12.7. The molecule has 1 aliphatic carbocycles. The lowest BCUT2D eigenvalue weighted by Gasteiger charge is -2.18. The van der Waals surface area contributed by atoms with Crippen LogP contribution < -0.4 is 14.2 Å². The first-order chi connectivity index (χ1) is 11.7. The zero-order valence-corrected chi connectivity index (χ0v) is 14.1. The molecule has 3 rings (SSSR count). The van der Waals surface area contributed by atoms with Gasteiger partial charge in [0, 0.05) is 11.1 Å². The average Bonchev–Trinajstić information content (AvgIpc) is 2.63. The van der Waals surface area contributed by atoms with E-state index in [9.17, 15) is 4.79 Å². The fourth-order valence-electron chi connectivity index (χ4n) is 2.96. The van der Waals surface area contributed by atoms with Gasteiger partial charge in [-0.15, -0.1) is 0 Å². The highest BCUT2D eigenvalue weighted by Gasteiger charge is 2.22. The first-order valence-electron chi connectivity index (χ1n) is 7.80. The summed E-state index contributed by atoms with van der Waals surface area (Å²) >= 11 is 0. The Bertz CT molecular complexity index is 805. The molecule has 0 unspecified atom stereocenters. The number of carbonyl (C=O) groups excluding carboxylic acids is 1. The minimum Gasteiger partial charge on any atom is -0.497 e. The van der Waals surface area contributed by atoms with Crippen LogP contribution in [0.4, 0.5) is 0 Å². The molecule has 0 fully saturated rings. The quantitative estimate of drug-likeness (QED) is 0.800. The molecule has 0 atom stereocenters. The number of hydrogen-bond acceptors (Lipinski definition) is 4. The van der Waals surface area contributed by atoms with Gasteiger partial charge in [0.1, 0.15) is 5.75 Å². The number of carbonyl (C=O) groups is 1. The van der Waals surface area contributed by atoms with Crippen LogP contribution in [-0.4, -0.2) is 27.1 Å². The maximum Gasteiger partial charge on any atom is 0.189 e. The van der Waals surface area contributed by atoms with Gasteiger partial charge >= 0.3 is 0 Å². The largest absolute Gasteiger partial charge is 0.497 e. The number of fused-ring (bicyclic) bond motifs is 1. The Morgan fingerprint density at radius 2 is 1.67 bits per heavy atom. The minimum atomic E-state index is 0.0775. The van der Waals surface area contributed by atoms with Gasteiger partial charge in [0.15, 0.2) is 17.3 Å². The van der Waals surface area contributed by atoms with Gasteiger partial charge in [-0.3, -0.25) is 4.79 Å². The van der Waals surface area contributed by atoms with E-state index in [0.29, 0.717) is 17.9 Å². The van der Waals surface area contributed by atoms with Crippen LogP contribution in [0.1, 0.15) is 27.9 Å². The van der Waals surface area contributed by atoms with Crippen LogP contribution in [0.25, 0.3) is 6.08 Å². The first kappa shape index (κ1) is 16.1. The lowest BCUT2D eigenvalue weighted by Crippen LogP contribution is -2.14. The van der Waals surface area contributed by atoms with Crippen LogP contribution in [-0.2, 0) is 6.42 Å². The number of benzene rings is 2. The molecule has 2 aromatic carbocycles. The second-order valence-electron chi connectivity index (χ2n) is 5.64. The third kappa shape index (κ3) is 3.00. The summed E-state index contributed by atoms with van der Waals surface area (Å²) in [6.07, 6.45) is 3.47. The molecule has 0 saturated heterocycles. The summed E-state index contributed by atoms with van der Waals surface area (Å²) < 4.78 is 15.8. The first-order valence-corrected chi connectivity index (χ1v) is 7.80. The molecule has 0 aromatic heterocycles. The van der Waals surface area contributed by atoms with Crippen molar-refractivity contribution in [3.05, 3.63) is 58.7 Å². The van der Waals surface area contributed by atoms with Crippen molar-refractivity contribution < 1.29 is 19.0 Å². The Morgan fingerprint density at radius 1 is 0.875 bits per heavy atom. The predicted octanol–water partition coefficient (Wildman–Crippen LogP) is 3.92. The van der Waals surface area contributed by atoms with Crippen molar-refractivity contribution in [2.75, 3.05) is 21.3 Å². The van der Waals surface area contributed by atoms with Crippen LogP contribution in [0.2, 0.25) is 0 Å². The van der Waals surface area contributed by atoms with E-state index in [1.165, 1.54) is 0 Å². The Morgan fingerprint density at radius 3 is 2.38 bits per heavy atom. The lowest BCUT2D eigenvalue weighted by molar-refractivity contribution is 0.102. The normalized spacial score (nSPS) is 15.1. The van der Waals surface area contributed by atoms with Crippen LogP contribution in [0.5, 0.6) is 17.2 Å². The molecule has 0 amide bonds. The molecule has 0 saturated carbocycles. The number of ketones is 1. The van der Waals surface area contributed by atoms with Gasteiger partial charge < -0.3 is 14.2 Å². The molecule has 4 nitrogen and oxygen atoms in total. The van der Waals surface area contributed by atoms with E-state index in [1.54, 1.807) is 21.3 Å². The van der Waals surface area contributed by atoms with E-state index < -0.39 is 0 Å². The van der Waals surface area contributed by atoms with Crippen molar-refractivity contribution in [2.45, 2.75) is 12.8 Å². The second kappa shape index (κ2) is 6.79. The van der Waals surface area contributed by atoms with Crippen molar-refractivity contribution in [1.29, 1.82) is 0 Å². The van der Waals surface area contributed by atoms with Crippen molar-refractivity contribution in [3.63, 3.8) is 0 Å². The molecule has 124 valence electrons. The number of aryl methyl sites for hydroxylation is 1. The molecular formula is C20H20O4. The number of rotatable bonds is 4. The molecule has 0 bridgehead atoms. The molecule has 2 aromatic rings. The fourth-order valence-corrected chi connectivity index (χ4v) is 2.96. The number of methoxy groups -OCH3 is 3. The molecule has 4 heteroatoms. The van der Waals surface area contributed by atoms with Crippen LogP contribution >= 0.6 is 0 Å². The highest BCUT2D eigenvalue weighted by atomic mass is 16.5. The van der Waals surface area contributed by atoms with Crippen molar-refractivity contribution >= 4 is 11.9 Å². The van der Waals surface area contributed by atoms with Crippen LogP contribution in [0.15, 0.2) is 42.0 Å². The second-order valence-corrected chi connectivity index (χ2v) is 5.64. The Kier molecular flexibility index (Phi) is 4.56. The maximum atomic E-state index is 12.7. The predicted molar refractivity (Wildman–Crippen MR) is 93.2 cm³/mol. The van der Waals surface area contributed by atoms with Crippen molar-refractivity contribution in [2.24, 2.45) is 0 Å². The molecule has 0 radical (unpaired) electrons. The van der Waals surface area contributed by atoms with Gasteiger partial charge in [0.2, 0.25) is 0 Å². The third-order valence-corrected chi connectivity index (χ3v) is 4.26. The zero-order chi connectivity index (χ0) is 17.1. The van der Waals surface area contributed by atoms with Gasteiger partial charge in [0.05, 0.1) is 21.3 Å². The summed E-state index contributed by atoms with van der Waals surface area (Å²) in [6, 6.07) is 11.3. The summed E-state index contributed by atoms with van der Waals surface area (Å²) in [4.78, 5) is 12.7. The topological polar surface area (TPSA) is 44.8 Å². The standard InChI is InChI=1S/C20H20O4/c1-22-16-7-8-17-14(12-16)5-6-15(20(17)21)10-13-4-9-18(23-2)19(11-13)24-3/h4,7-12H,5-6H2,1-3H3/b15-10+. The molecular weight excluding hydrogens is 304 g/mol. The van der Waals surface area contributed by atoms with Gasteiger partial charge in [-0.2, -0.15) is 0 Å². The molecule has 0 N–H and O–H groups in total. The molecule has 0 heterocycles. The van der Waals surface area contributed by atoms with Gasteiger partial charge in [-0.05, 0) is 60.4 Å². The monoisotopic (exact) mass is 324 g/mol. The van der Waals surface area contributed by atoms with E-state index in [4.69, 9.17) is 14.2 Å². The third-order valence-electron chi connectivity index (χ3n) is 4.26. The highest BCUT2D eigenvalue weighted by molar-refractivity contribution is 6.13. The van der Waals surface area contributed by atoms with Crippen LogP contribution in [0, 0.1) is 0 Å². The van der Waals surface area contributed by atoms with Gasteiger partial charge in [0.25, 0.3) is 0 Å². The van der Waals surface area contributed by atoms with Crippen molar-refractivity contribution in [3.8, 4) is 17.2 Å². The minimum absolute atomic E-state index is 0.0775. The van der Waals surface area contributed by atoms with E-state index in [0.717, 1.165) is 34.4 Å². The molecule has 0 aliphatic heterocycles. The molecule has 24 heavy (non-hydrogen) atoms. The SMILES string of the molecule is COc1ccc2c(c1)CC/C(=C\c1ccc(OC)c(OC)c1)C2=O. The fraction of sp³-hybridized carbons (Fsp3) is 0.250. The van der Waals surface area contributed by atoms with E-state index in [1.807, 2.05) is 42.5 Å². The van der Waals surface area contributed by atoms with E-state index >= 15 is 0 Å². The smallest absolute Gasteiger partial charge is 0.189 e. The molecule has 0 spiro atoms. The summed E-state index contributed by atoms with van der Waals surface area (Å²) in [5, 5.41) is 0. The Hall–Kier alpha value is -2.75. The zero-order valence-electron chi connectivity index (χ0n) is 14.1. The summed E-state index contributed by atoms with van der Waals surface area (Å²) in [5.74, 6) is 2.19. The number of allylic oxidation sites excluding steroid dienone is 1. The van der Waals surface area contributed by atoms with E-state index in [2.05, 4.69) is 0 Å². The van der Waals surface area contributed by atoms with Crippen molar-refractivity contribution in [1.82, 2.24) is 0 Å². The summed E-state index contributed by atoms with van der Waals surface area (Å²) in [7, 11) is 4.84. The van der Waals surface area contributed by atoms with E-state index in [-0.39, 0.29) is 5.78 Å². The van der Waals surface area contributed by atoms with Crippen LogP contribution in [0.3, 0.4) is 0 Å². The van der Waals surface area contributed by atoms with Gasteiger partial charge in [-0.1, -0.05) is 6.07 Å². The Labute approximate surface area is 141 Å². The summed E-state index contributed by atoms with van der Waals surface area (Å²) in [5.41, 5.74) is 3.53. The summed E-state index contributed by atoms with van der Waals surface area (Å²) in [6.45, 7) is 0. The Balaban J connectivity index is 1.93. The van der Waals surface area contributed by atoms with Gasteiger partial charge in [-0.25, -0.2) is 0 Å². The average molecular weight is 324 g/mol. The number of hydrogen-bond donors (Lipinski definition) is 0. The lowest BCUT2D eigenvalue weighted by atomic mass is 9.86. The number of ether oxygens (including phenoxy) is 3. The number of Topliss-reactive ketones (excluding diaryl/α,β-unsaturated/α-hetero) is 1.